The van der Waals surface area contributed by atoms with Gasteiger partial charge in [-0.05, 0) is 29.3 Å². The summed E-state index contributed by atoms with van der Waals surface area (Å²) in [4.78, 5) is 21.0. The molecule has 0 unspecified atom stereocenters. The minimum Gasteiger partial charge on any atom is -0.383 e. The zero-order valence-electron chi connectivity index (χ0n) is 15.2. The maximum atomic E-state index is 12.3. The number of hydrogen-bond donors (Lipinski definition) is 2. The van der Waals surface area contributed by atoms with Crippen molar-refractivity contribution < 1.29 is 9.53 Å². The van der Waals surface area contributed by atoms with Gasteiger partial charge in [0.15, 0.2) is 0 Å². The van der Waals surface area contributed by atoms with Gasteiger partial charge < -0.3 is 15.8 Å². The van der Waals surface area contributed by atoms with Gasteiger partial charge in [-0.1, -0.05) is 36.4 Å². The lowest BCUT2D eigenvalue weighted by atomic mass is 10.1. The molecule has 0 fully saturated rings. The number of nitrogens with two attached hydrogens (primary N) is 1. The first kappa shape index (κ1) is 18.5. The Labute approximate surface area is 158 Å². The van der Waals surface area contributed by atoms with E-state index in [1.165, 1.54) is 5.56 Å². The van der Waals surface area contributed by atoms with Crippen LogP contribution in [0.4, 0.5) is 5.82 Å². The lowest BCUT2D eigenvalue weighted by molar-refractivity contribution is 0.0951. The van der Waals surface area contributed by atoms with Crippen molar-refractivity contribution in [3.63, 3.8) is 0 Å². The van der Waals surface area contributed by atoms with Crippen molar-refractivity contribution in [3.05, 3.63) is 88.9 Å². The molecule has 0 aliphatic rings. The molecule has 6 nitrogen and oxygen atoms in total. The predicted octanol–water partition coefficient (Wildman–Crippen LogP) is 2.73. The molecule has 27 heavy (non-hydrogen) atoms. The molecule has 0 bridgehead atoms. The van der Waals surface area contributed by atoms with Crippen molar-refractivity contribution >= 4 is 11.7 Å². The number of nitrogen functional groups attached to an aromatic ring is 1. The third-order valence-corrected chi connectivity index (χ3v) is 4.09. The van der Waals surface area contributed by atoms with Crippen LogP contribution >= 0.6 is 0 Å². The second-order valence-corrected chi connectivity index (χ2v) is 6.17. The van der Waals surface area contributed by atoms with Gasteiger partial charge in [-0.25, -0.2) is 4.98 Å². The fraction of sp³-hybridized carbons (Fsp3) is 0.190. The summed E-state index contributed by atoms with van der Waals surface area (Å²) in [7, 11) is 1.58. The molecule has 1 aromatic carbocycles. The quantitative estimate of drug-likeness (QED) is 0.674. The number of benzene rings is 1. The molecule has 6 heteroatoms. The Morgan fingerprint density at radius 3 is 2.48 bits per heavy atom. The zero-order valence-corrected chi connectivity index (χ0v) is 15.2. The minimum atomic E-state index is -0.266. The highest BCUT2D eigenvalue weighted by atomic mass is 16.5. The lowest BCUT2D eigenvalue weighted by Gasteiger charge is -2.09. The van der Waals surface area contributed by atoms with E-state index in [9.17, 15) is 4.79 Å². The Hall–Kier alpha value is -3.25. The van der Waals surface area contributed by atoms with Gasteiger partial charge in [0.05, 0.1) is 17.9 Å². The maximum absolute atomic E-state index is 12.3. The Morgan fingerprint density at radius 1 is 1.04 bits per heavy atom. The lowest BCUT2D eigenvalue weighted by Crippen LogP contribution is -2.24. The van der Waals surface area contributed by atoms with Crippen LogP contribution in [0, 0.1) is 0 Å². The predicted molar refractivity (Wildman–Crippen MR) is 104 cm³/mol. The van der Waals surface area contributed by atoms with Gasteiger partial charge in [-0.2, -0.15) is 0 Å². The zero-order chi connectivity index (χ0) is 19.1. The second kappa shape index (κ2) is 8.91. The van der Waals surface area contributed by atoms with Crippen molar-refractivity contribution in [2.45, 2.75) is 19.6 Å². The fourth-order valence-electron chi connectivity index (χ4n) is 2.68. The summed E-state index contributed by atoms with van der Waals surface area (Å²) in [5, 5.41) is 2.85. The number of rotatable bonds is 7. The Kier molecular flexibility index (Phi) is 6.12. The summed E-state index contributed by atoms with van der Waals surface area (Å²) in [5.41, 5.74) is 10.0. The summed E-state index contributed by atoms with van der Waals surface area (Å²) >= 11 is 0. The van der Waals surface area contributed by atoms with Crippen LogP contribution in [0.2, 0.25) is 0 Å². The van der Waals surface area contributed by atoms with E-state index < -0.39 is 0 Å². The highest BCUT2D eigenvalue weighted by molar-refractivity contribution is 5.98. The van der Waals surface area contributed by atoms with Crippen LogP contribution in [-0.4, -0.2) is 23.0 Å². The van der Waals surface area contributed by atoms with Crippen LogP contribution in [0.1, 0.15) is 32.9 Å². The number of nitrogens with one attached hydrogen (secondary N) is 1. The van der Waals surface area contributed by atoms with Gasteiger partial charge in [0.25, 0.3) is 5.91 Å². The molecule has 2 heterocycles. The third kappa shape index (κ3) is 5.12. The average Bonchev–Trinajstić information content (AvgIpc) is 2.68. The van der Waals surface area contributed by atoms with Crippen molar-refractivity contribution in [1.29, 1.82) is 0 Å². The van der Waals surface area contributed by atoms with Gasteiger partial charge >= 0.3 is 0 Å². The summed E-state index contributed by atoms with van der Waals surface area (Å²) in [6.07, 6.45) is 2.56. The molecule has 0 radical (unpaired) electrons. The van der Waals surface area contributed by atoms with Crippen LogP contribution in [-0.2, 0) is 24.3 Å². The molecule has 138 valence electrons. The fourth-order valence-corrected chi connectivity index (χ4v) is 2.68. The number of carbonyl (C=O) groups is 1. The molecule has 3 N–H and O–H groups in total. The van der Waals surface area contributed by atoms with E-state index in [1.54, 1.807) is 25.4 Å². The van der Waals surface area contributed by atoms with E-state index in [1.807, 2.05) is 30.3 Å². The first-order valence-corrected chi connectivity index (χ1v) is 8.66. The summed E-state index contributed by atoms with van der Waals surface area (Å²) < 4.78 is 5.01. The molecule has 0 saturated carbocycles. The smallest absolute Gasteiger partial charge is 0.255 e. The number of anilines is 1. The van der Waals surface area contributed by atoms with Crippen LogP contribution in [0.5, 0.6) is 0 Å². The molecule has 3 aromatic rings. The second-order valence-electron chi connectivity index (χ2n) is 6.17. The number of ether oxygens (including phenoxy) is 1. The summed E-state index contributed by atoms with van der Waals surface area (Å²) in [6, 6.07) is 17.5. The third-order valence-electron chi connectivity index (χ3n) is 4.09. The highest BCUT2D eigenvalue weighted by Gasteiger charge is 2.11. The standard InChI is InChI=1S/C21H22N4O2/c1-27-14-18-9-10-19(20(22)25-18)21(26)24-13-16-7-8-17(23-12-16)11-15-5-3-2-4-6-15/h2-10,12H,11,13-14H2,1H3,(H2,22,25)(H,24,26). The van der Waals surface area contributed by atoms with E-state index in [2.05, 4.69) is 27.4 Å². The van der Waals surface area contributed by atoms with Crippen molar-refractivity contribution in [2.24, 2.45) is 0 Å². The number of amides is 1. The van der Waals surface area contributed by atoms with Gasteiger partial charge in [-0.3, -0.25) is 9.78 Å². The topological polar surface area (TPSA) is 90.1 Å². The Balaban J connectivity index is 1.57. The van der Waals surface area contributed by atoms with Gasteiger partial charge in [0.2, 0.25) is 0 Å². The molecule has 0 aliphatic heterocycles. The van der Waals surface area contributed by atoms with E-state index in [0.29, 0.717) is 24.4 Å². The van der Waals surface area contributed by atoms with Gasteiger partial charge in [-0.15, -0.1) is 0 Å². The molecule has 0 saturated heterocycles. The molecule has 3 rings (SSSR count). The number of pyridine rings is 2. The monoisotopic (exact) mass is 362 g/mol. The number of hydrogen-bond acceptors (Lipinski definition) is 5. The first-order valence-electron chi connectivity index (χ1n) is 8.66. The molecule has 0 spiro atoms. The number of nitrogens with zero attached hydrogens (tertiary/aromatic N) is 2. The van der Waals surface area contributed by atoms with E-state index in [0.717, 1.165) is 17.7 Å². The molecular formula is C21H22N4O2. The van der Waals surface area contributed by atoms with Crippen LogP contribution in [0.3, 0.4) is 0 Å². The molecule has 0 aliphatic carbocycles. The maximum Gasteiger partial charge on any atom is 0.255 e. The van der Waals surface area contributed by atoms with Crippen molar-refractivity contribution in [2.75, 3.05) is 12.8 Å². The molecular weight excluding hydrogens is 340 g/mol. The normalized spacial score (nSPS) is 10.6. The number of carbonyl (C=O) groups excluding carboxylic acids is 1. The molecule has 1 amide bonds. The van der Waals surface area contributed by atoms with Gasteiger partial charge in [0, 0.05) is 32.0 Å². The Bertz CT molecular complexity index is 896. The van der Waals surface area contributed by atoms with Crippen LogP contribution in [0.25, 0.3) is 0 Å². The first-order chi connectivity index (χ1) is 13.2. The van der Waals surface area contributed by atoms with Gasteiger partial charge in [0.1, 0.15) is 5.82 Å². The molecule has 2 aromatic heterocycles. The number of methoxy groups -OCH3 is 1. The van der Waals surface area contributed by atoms with Crippen LogP contribution in [0.15, 0.2) is 60.8 Å². The Morgan fingerprint density at radius 2 is 1.81 bits per heavy atom. The average molecular weight is 362 g/mol. The summed E-state index contributed by atoms with van der Waals surface area (Å²) in [6.45, 7) is 0.726. The van der Waals surface area contributed by atoms with Crippen molar-refractivity contribution in [1.82, 2.24) is 15.3 Å². The largest absolute Gasteiger partial charge is 0.383 e. The van der Waals surface area contributed by atoms with Crippen molar-refractivity contribution in [3.8, 4) is 0 Å². The van der Waals surface area contributed by atoms with E-state index >= 15 is 0 Å². The number of aromatic nitrogens is 2. The van der Waals surface area contributed by atoms with E-state index in [4.69, 9.17) is 10.5 Å². The molecule has 0 atom stereocenters. The minimum absolute atomic E-state index is 0.193. The SMILES string of the molecule is COCc1ccc(C(=O)NCc2ccc(Cc3ccccc3)nc2)c(N)n1. The van der Waals surface area contributed by atoms with E-state index in [-0.39, 0.29) is 11.7 Å². The summed E-state index contributed by atoms with van der Waals surface area (Å²) in [5.74, 6) is -0.0734. The highest BCUT2D eigenvalue weighted by Crippen LogP contribution is 2.12. The van der Waals surface area contributed by atoms with Crippen LogP contribution < -0.4 is 11.1 Å².